The summed E-state index contributed by atoms with van der Waals surface area (Å²) < 4.78 is 18.2. The number of hydrogen-bond donors (Lipinski definition) is 0. The first-order valence-electron chi connectivity index (χ1n) is 6.26. The van der Waals surface area contributed by atoms with Gasteiger partial charge < -0.3 is 9.64 Å². The number of nitrogens with zero attached hydrogens (tertiary/aromatic N) is 3. The van der Waals surface area contributed by atoms with Gasteiger partial charge in [-0.2, -0.15) is 0 Å². The Hall–Kier alpha value is -2.70. The molecule has 0 N–H and O–H groups in total. The number of nitro groups is 1. The molecule has 2 rings (SSSR count). The Balaban J connectivity index is 1.85. The second-order valence-corrected chi connectivity index (χ2v) is 4.36. The van der Waals surface area contributed by atoms with Crippen molar-refractivity contribution in [1.29, 1.82) is 0 Å². The average molecular weight is 291 g/mol. The minimum absolute atomic E-state index is 0.0466. The van der Waals surface area contributed by atoms with E-state index >= 15 is 0 Å². The van der Waals surface area contributed by atoms with Crippen LogP contribution >= 0.6 is 0 Å². The number of hydrogen-bond acceptors (Lipinski definition) is 5. The van der Waals surface area contributed by atoms with Crippen LogP contribution in [0, 0.1) is 15.9 Å². The lowest BCUT2D eigenvalue weighted by atomic mass is 10.3. The normalized spacial score (nSPS) is 10.2. The lowest BCUT2D eigenvalue weighted by Crippen LogP contribution is -2.24. The molecule has 0 bridgehead atoms. The third kappa shape index (κ3) is 4.13. The summed E-state index contributed by atoms with van der Waals surface area (Å²) in [7, 11) is 1.81. The summed E-state index contributed by atoms with van der Waals surface area (Å²) in [6.07, 6.45) is 1.21. The zero-order chi connectivity index (χ0) is 15.2. The van der Waals surface area contributed by atoms with Crippen LogP contribution in [0.4, 0.5) is 15.9 Å². The fourth-order valence-electron chi connectivity index (χ4n) is 1.66. The van der Waals surface area contributed by atoms with Crippen LogP contribution in [0.1, 0.15) is 0 Å². The van der Waals surface area contributed by atoms with E-state index in [9.17, 15) is 14.5 Å². The summed E-state index contributed by atoms with van der Waals surface area (Å²) in [5.74, 6) is 0.888. The number of likely N-dealkylation sites (N-methyl/N-ethyl adjacent to an activating group) is 1. The monoisotopic (exact) mass is 291 g/mol. The first kappa shape index (κ1) is 14.7. The SMILES string of the molecule is CN(CCOc1ccc(F)cc1)c1ccc([N+](=O)[O-])cn1. The largest absolute Gasteiger partial charge is 0.492 e. The highest BCUT2D eigenvalue weighted by Gasteiger charge is 2.08. The molecule has 0 atom stereocenters. The van der Waals surface area contributed by atoms with Crippen molar-refractivity contribution in [2.45, 2.75) is 0 Å². The smallest absolute Gasteiger partial charge is 0.287 e. The van der Waals surface area contributed by atoms with Crippen LogP contribution in [0.15, 0.2) is 42.6 Å². The summed E-state index contributed by atoms with van der Waals surface area (Å²) in [5.41, 5.74) is -0.0466. The molecule has 0 fully saturated rings. The zero-order valence-electron chi connectivity index (χ0n) is 11.4. The maximum absolute atomic E-state index is 12.7. The van der Waals surface area contributed by atoms with Crippen molar-refractivity contribution < 1.29 is 14.1 Å². The van der Waals surface area contributed by atoms with Gasteiger partial charge in [-0.05, 0) is 30.3 Å². The van der Waals surface area contributed by atoms with Gasteiger partial charge in [-0.1, -0.05) is 0 Å². The molecule has 6 nitrogen and oxygen atoms in total. The fourth-order valence-corrected chi connectivity index (χ4v) is 1.66. The zero-order valence-corrected chi connectivity index (χ0v) is 11.4. The highest BCUT2D eigenvalue weighted by atomic mass is 19.1. The van der Waals surface area contributed by atoms with Crippen molar-refractivity contribution in [3.63, 3.8) is 0 Å². The van der Waals surface area contributed by atoms with Gasteiger partial charge >= 0.3 is 0 Å². The van der Waals surface area contributed by atoms with E-state index in [-0.39, 0.29) is 11.5 Å². The lowest BCUT2D eigenvalue weighted by Gasteiger charge is -2.18. The van der Waals surface area contributed by atoms with Crippen molar-refractivity contribution >= 4 is 11.5 Å². The fraction of sp³-hybridized carbons (Fsp3) is 0.214. The molecular weight excluding hydrogens is 277 g/mol. The number of ether oxygens (including phenoxy) is 1. The van der Waals surface area contributed by atoms with Gasteiger partial charge in [-0.3, -0.25) is 10.1 Å². The molecule has 0 unspecified atom stereocenters. The molecule has 0 saturated heterocycles. The van der Waals surface area contributed by atoms with Gasteiger partial charge in [0.2, 0.25) is 0 Å². The van der Waals surface area contributed by atoms with Crippen LogP contribution in [0.3, 0.4) is 0 Å². The minimum atomic E-state index is -0.492. The molecule has 2 aromatic rings. The molecule has 0 amide bonds. The second kappa shape index (κ2) is 6.65. The molecule has 0 aliphatic carbocycles. The molecule has 0 spiro atoms. The maximum atomic E-state index is 12.7. The average Bonchev–Trinajstić information content (AvgIpc) is 2.49. The predicted octanol–water partition coefficient (Wildman–Crippen LogP) is 2.64. The van der Waals surface area contributed by atoms with Gasteiger partial charge in [0, 0.05) is 13.1 Å². The molecule has 1 aromatic heterocycles. The van der Waals surface area contributed by atoms with E-state index in [1.807, 2.05) is 11.9 Å². The molecule has 1 heterocycles. The molecule has 0 radical (unpaired) electrons. The molecule has 0 aliphatic rings. The Morgan fingerprint density at radius 2 is 2.00 bits per heavy atom. The molecule has 7 heteroatoms. The van der Waals surface area contributed by atoms with Gasteiger partial charge in [0.15, 0.2) is 0 Å². The van der Waals surface area contributed by atoms with E-state index in [0.29, 0.717) is 24.7 Å². The number of pyridine rings is 1. The Bertz CT molecular complexity index is 602. The van der Waals surface area contributed by atoms with Crippen LogP contribution in [0.2, 0.25) is 0 Å². The van der Waals surface area contributed by atoms with Crippen molar-refractivity contribution in [2.75, 3.05) is 25.1 Å². The van der Waals surface area contributed by atoms with Crippen molar-refractivity contribution in [3.05, 3.63) is 58.5 Å². The molecule has 1 aromatic carbocycles. The minimum Gasteiger partial charge on any atom is -0.492 e. The number of rotatable bonds is 6. The Morgan fingerprint density at radius 3 is 2.57 bits per heavy atom. The summed E-state index contributed by atoms with van der Waals surface area (Å²) in [6, 6.07) is 8.75. The van der Waals surface area contributed by atoms with Crippen LogP contribution in [0.25, 0.3) is 0 Å². The summed E-state index contributed by atoms with van der Waals surface area (Å²) in [5, 5.41) is 10.5. The Labute approximate surface area is 120 Å². The molecule has 110 valence electrons. The van der Waals surface area contributed by atoms with E-state index in [0.717, 1.165) is 0 Å². The highest BCUT2D eigenvalue weighted by Crippen LogP contribution is 2.15. The van der Waals surface area contributed by atoms with Crippen LogP contribution in [-0.2, 0) is 0 Å². The highest BCUT2D eigenvalue weighted by molar-refractivity contribution is 5.42. The second-order valence-electron chi connectivity index (χ2n) is 4.36. The third-order valence-corrected chi connectivity index (χ3v) is 2.84. The molecule has 21 heavy (non-hydrogen) atoms. The van der Waals surface area contributed by atoms with E-state index in [1.54, 1.807) is 18.2 Å². The van der Waals surface area contributed by atoms with Gasteiger partial charge in [0.25, 0.3) is 5.69 Å². The predicted molar refractivity (Wildman–Crippen MR) is 76.1 cm³/mol. The number of anilines is 1. The first-order chi connectivity index (χ1) is 10.1. The molecule has 0 aliphatic heterocycles. The van der Waals surface area contributed by atoms with Gasteiger partial charge in [-0.25, -0.2) is 9.37 Å². The van der Waals surface area contributed by atoms with Crippen LogP contribution in [0.5, 0.6) is 5.75 Å². The Morgan fingerprint density at radius 1 is 1.29 bits per heavy atom. The first-order valence-corrected chi connectivity index (χ1v) is 6.26. The van der Waals surface area contributed by atoms with Crippen molar-refractivity contribution in [3.8, 4) is 5.75 Å². The van der Waals surface area contributed by atoms with Gasteiger partial charge in [-0.15, -0.1) is 0 Å². The molecular formula is C14H14FN3O3. The number of halogens is 1. The van der Waals surface area contributed by atoms with E-state index < -0.39 is 4.92 Å². The standard InChI is InChI=1S/C14H14FN3O3/c1-17(14-7-4-12(10-16-14)18(19)20)8-9-21-13-5-2-11(15)3-6-13/h2-7,10H,8-9H2,1H3. The number of aromatic nitrogens is 1. The van der Waals surface area contributed by atoms with Crippen molar-refractivity contribution in [1.82, 2.24) is 4.98 Å². The van der Waals surface area contributed by atoms with E-state index in [2.05, 4.69) is 4.98 Å². The van der Waals surface area contributed by atoms with E-state index in [4.69, 9.17) is 4.74 Å². The van der Waals surface area contributed by atoms with Crippen LogP contribution in [-0.4, -0.2) is 30.1 Å². The van der Waals surface area contributed by atoms with Gasteiger partial charge in [0.1, 0.15) is 30.2 Å². The lowest BCUT2D eigenvalue weighted by molar-refractivity contribution is -0.385. The van der Waals surface area contributed by atoms with Crippen LogP contribution < -0.4 is 9.64 Å². The topological polar surface area (TPSA) is 68.5 Å². The summed E-state index contributed by atoms with van der Waals surface area (Å²) in [6.45, 7) is 0.934. The third-order valence-electron chi connectivity index (χ3n) is 2.84. The molecule has 0 saturated carbocycles. The summed E-state index contributed by atoms with van der Waals surface area (Å²) >= 11 is 0. The Kier molecular flexibility index (Phi) is 4.65. The van der Waals surface area contributed by atoms with Crippen molar-refractivity contribution in [2.24, 2.45) is 0 Å². The van der Waals surface area contributed by atoms with E-state index in [1.165, 1.54) is 24.4 Å². The summed E-state index contributed by atoms with van der Waals surface area (Å²) in [4.78, 5) is 15.9. The quantitative estimate of drug-likeness (QED) is 0.604. The number of benzene rings is 1. The maximum Gasteiger partial charge on any atom is 0.287 e. The van der Waals surface area contributed by atoms with Gasteiger partial charge in [0.05, 0.1) is 11.5 Å².